The number of anilines is 2. The second-order valence-corrected chi connectivity index (χ2v) is 8.25. The molecule has 7 nitrogen and oxygen atoms in total. The van der Waals surface area contributed by atoms with Crippen LogP contribution in [0.5, 0.6) is 0 Å². The highest BCUT2D eigenvalue weighted by molar-refractivity contribution is 7.13. The molecule has 0 spiro atoms. The molecule has 5 rings (SSSR count). The zero-order chi connectivity index (χ0) is 20.3. The van der Waals surface area contributed by atoms with Gasteiger partial charge in [0.1, 0.15) is 11.6 Å². The van der Waals surface area contributed by atoms with E-state index in [9.17, 15) is 0 Å². The number of rotatable bonds is 5. The molecule has 4 aromatic rings. The summed E-state index contributed by atoms with van der Waals surface area (Å²) >= 11 is 1.47. The Bertz CT molecular complexity index is 1150. The summed E-state index contributed by atoms with van der Waals surface area (Å²) in [7, 11) is 0. The maximum absolute atomic E-state index is 6.08. The molecule has 1 aliphatic rings. The minimum atomic E-state index is -0.0595. The molecule has 1 saturated heterocycles. The molecular weight excluding hydrogens is 396 g/mol. The van der Waals surface area contributed by atoms with Gasteiger partial charge in [0.05, 0.1) is 17.8 Å². The third-order valence-corrected chi connectivity index (χ3v) is 5.75. The van der Waals surface area contributed by atoms with Gasteiger partial charge in [0.2, 0.25) is 5.13 Å². The molecule has 3 aromatic heterocycles. The van der Waals surface area contributed by atoms with E-state index in [2.05, 4.69) is 49.7 Å². The van der Waals surface area contributed by atoms with Crippen LogP contribution in [-0.2, 0) is 11.3 Å². The minimum Gasteiger partial charge on any atom is -0.369 e. The predicted molar refractivity (Wildman–Crippen MR) is 118 cm³/mol. The van der Waals surface area contributed by atoms with Crippen LogP contribution in [0.25, 0.3) is 10.9 Å². The molecule has 0 saturated carbocycles. The van der Waals surface area contributed by atoms with Crippen molar-refractivity contribution in [3.63, 3.8) is 0 Å². The van der Waals surface area contributed by atoms with Gasteiger partial charge in [-0.05, 0) is 42.8 Å². The van der Waals surface area contributed by atoms with E-state index in [4.69, 9.17) is 9.72 Å². The number of hydrogen-bond donors (Lipinski definition) is 1. The summed E-state index contributed by atoms with van der Waals surface area (Å²) in [5, 5.41) is 13.2. The molecule has 1 aliphatic heterocycles. The highest BCUT2D eigenvalue weighted by Crippen LogP contribution is 2.27. The minimum absolute atomic E-state index is 0.0595. The molecule has 1 aromatic carbocycles. The number of pyridine rings is 2. The molecule has 1 fully saturated rings. The fraction of sp³-hybridized carbons (Fsp3) is 0.273. The Morgan fingerprint density at radius 2 is 2.20 bits per heavy atom. The first-order valence-electron chi connectivity index (χ1n) is 9.92. The SMILES string of the molecule is Cc1cc(Nc2nncs2)cc(C2CN(Cc3ccc4ncccc4c3)CCO2)n1. The first kappa shape index (κ1) is 19.0. The molecular formula is C22H22N6OS. The van der Waals surface area contributed by atoms with E-state index in [0.29, 0.717) is 6.61 Å². The number of hydrogen-bond acceptors (Lipinski definition) is 8. The third kappa shape index (κ3) is 4.30. The summed E-state index contributed by atoms with van der Waals surface area (Å²) in [6, 6.07) is 14.6. The van der Waals surface area contributed by atoms with Crippen molar-refractivity contribution < 1.29 is 4.74 Å². The Kier molecular flexibility index (Phi) is 5.35. The van der Waals surface area contributed by atoms with Crippen LogP contribution in [0.15, 0.2) is 54.2 Å². The van der Waals surface area contributed by atoms with E-state index in [0.717, 1.165) is 47.4 Å². The van der Waals surface area contributed by atoms with Crippen molar-refractivity contribution in [2.45, 2.75) is 19.6 Å². The maximum Gasteiger partial charge on any atom is 0.209 e. The topological polar surface area (TPSA) is 76.1 Å². The molecule has 4 heterocycles. The van der Waals surface area contributed by atoms with E-state index in [1.54, 1.807) is 5.51 Å². The van der Waals surface area contributed by atoms with E-state index in [1.807, 2.05) is 31.3 Å². The summed E-state index contributed by atoms with van der Waals surface area (Å²) in [6.07, 6.45) is 1.77. The molecule has 0 radical (unpaired) electrons. The molecule has 152 valence electrons. The molecule has 1 atom stereocenters. The van der Waals surface area contributed by atoms with Crippen molar-refractivity contribution in [1.82, 2.24) is 25.1 Å². The molecule has 0 amide bonds. The number of fused-ring (bicyclic) bond motifs is 1. The number of aromatic nitrogens is 4. The summed E-state index contributed by atoms with van der Waals surface area (Å²) in [5.74, 6) is 0. The Labute approximate surface area is 178 Å². The van der Waals surface area contributed by atoms with Crippen molar-refractivity contribution in [1.29, 1.82) is 0 Å². The number of aryl methyl sites for hydroxylation is 1. The van der Waals surface area contributed by atoms with Crippen molar-refractivity contribution in [3.8, 4) is 0 Å². The summed E-state index contributed by atoms with van der Waals surface area (Å²) in [5.41, 5.74) is 6.86. The van der Waals surface area contributed by atoms with Crippen LogP contribution in [0.4, 0.5) is 10.8 Å². The average molecular weight is 419 g/mol. The molecule has 0 bridgehead atoms. The van der Waals surface area contributed by atoms with Gasteiger partial charge in [0.15, 0.2) is 0 Å². The van der Waals surface area contributed by atoms with E-state index in [1.165, 1.54) is 22.3 Å². The second-order valence-electron chi connectivity index (χ2n) is 7.42. The van der Waals surface area contributed by atoms with E-state index >= 15 is 0 Å². The van der Waals surface area contributed by atoms with Crippen LogP contribution in [-0.4, -0.2) is 44.8 Å². The summed E-state index contributed by atoms with van der Waals surface area (Å²) in [4.78, 5) is 11.6. The number of nitrogens with one attached hydrogen (secondary N) is 1. The Morgan fingerprint density at radius 3 is 3.10 bits per heavy atom. The largest absolute Gasteiger partial charge is 0.369 e. The number of nitrogens with zero attached hydrogens (tertiary/aromatic N) is 5. The van der Waals surface area contributed by atoms with Crippen molar-refractivity contribution in [3.05, 3.63) is 71.1 Å². The average Bonchev–Trinajstić information content (AvgIpc) is 3.26. The van der Waals surface area contributed by atoms with Crippen LogP contribution < -0.4 is 5.32 Å². The molecule has 8 heteroatoms. The second kappa shape index (κ2) is 8.43. The lowest BCUT2D eigenvalue weighted by atomic mass is 10.1. The fourth-order valence-electron chi connectivity index (χ4n) is 3.79. The molecule has 1 unspecified atom stereocenters. The van der Waals surface area contributed by atoms with Gasteiger partial charge in [-0.1, -0.05) is 23.5 Å². The van der Waals surface area contributed by atoms with Crippen LogP contribution in [0.2, 0.25) is 0 Å². The highest BCUT2D eigenvalue weighted by Gasteiger charge is 2.24. The number of ether oxygens (including phenoxy) is 1. The van der Waals surface area contributed by atoms with Crippen LogP contribution in [0, 0.1) is 6.92 Å². The van der Waals surface area contributed by atoms with Gasteiger partial charge < -0.3 is 10.1 Å². The van der Waals surface area contributed by atoms with Gasteiger partial charge in [0.25, 0.3) is 0 Å². The first-order valence-corrected chi connectivity index (χ1v) is 10.8. The third-order valence-electron chi connectivity index (χ3n) is 5.14. The standard InChI is InChI=1S/C22H22N6OS/c1-15-9-18(26-22-27-24-14-30-22)11-20(25-15)21-13-28(7-8-29-21)12-16-4-5-19-17(10-16)3-2-6-23-19/h2-6,9-11,14,21H,7-8,12-13H2,1H3,(H,25,26,27). The normalized spacial score (nSPS) is 17.3. The number of benzene rings is 1. The van der Waals surface area contributed by atoms with Crippen molar-refractivity contribution in [2.75, 3.05) is 25.0 Å². The predicted octanol–water partition coefficient (Wildman–Crippen LogP) is 4.11. The van der Waals surface area contributed by atoms with Gasteiger partial charge >= 0.3 is 0 Å². The summed E-state index contributed by atoms with van der Waals surface area (Å²) in [6.45, 7) is 5.28. The van der Waals surface area contributed by atoms with Gasteiger partial charge in [-0.25, -0.2) is 0 Å². The van der Waals surface area contributed by atoms with Gasteiger partial charge in [-0.15, -0.1) is 10.2 Å². The smallest absolute Gasteiger partial charge is 0.209 e. The first-order chi connectivity index (χ1) is 14.7. The Hall–Kier alpha value is -2.94. The van der Waals surface area contributed by atoms with Gasteiger partial charge in [-0.2, -0.15) is 0 Å². The monoisotopic (exact) mass is 418 g/mol. The van der Waals surface area contributed by atoms with Crippen LogP contribution >= 0.6 is 11.3 Å². The van der Waals surface area contributed by atoms with E-state index in [-0.39, 0.29) is 6.10 Å². The van der Waals surface area contributed by atoms with E-state index < -0.39 is 0 Å². The molecule has 1 N–H and O–H groups in total. The van der Waals surface area contributed by atoms with Crippen LogP contribution in [0.1, 0.15) is 23.1 Å². The number of morpholine rings is 1. The van der Waals surface area contributed by atoms with Crippen molar-refractivity contribution >= 4 is 33.1 Å². The van der Waals surface area contributed by atoms with Crippen molar-refractivity contribution in [2.24, 2.45) is 0 Å². The van der Waals surface area contributed by atoms with Gasteiger partial charge in [0, 0.05) is 42.6 Å². The summed E-state index contributed by atoms with van der Waals surface area (Å²) < 4.78 is 6.08. The van der Waals surface area contributed by atoms with Gasteiger partial charge in [-0.3, -0.25) is 14.9 Å². The maximum atomic E-state index is 6.08. The zero-order valence-corrected chi connectivity index (χ0v) is 17.5. The fourth-order valence-corrected chi connectivity index (χ4v) is 4.25. The Balaban J connectivity index is 1.31. The van der Waals surface area contributed by atoms with Crippen LogP contribution in [0.3, 0.4) is 0 Å². The lowest BCUT2D eigenvalue weighted by molar-refractivity contribution is -0.0350. The lowest BCUT2D eigenvalue weighted by Crippen LogP contribution is -2.38. The lowest BCUT2D eigenvalue weighted by Gasteiger charge is -2.33. The molecule has 0 aliphatic carbocycles. The molecule has 30 heavy (non-hydrogen) atoms. The quantitative estimate of drug-likeness (QED) is 0.523. The Morgan fingerprint density at radius 1 is 1.23 bits per heavy atom. The highest BCUT2D eigenvalue weighted by atomic mass is 32.1. The zero-order valence-electron chi connectivity index (χ0n) is 16.7.